The third-order valence-corrected chi connectivity index (χ3v) is 4.10. The molecule has 3 rings (SSSR count). The molecule has 2 aromatic carbocycles. The van der Waals surface area contributed by atoms with Crippen molar-refractivity contribution in [2.24, 2.45) is 0 Å². The van der Waals surface area contributed by atoms with Crippen LogP contribution in [0.1, 0.15) is 17.5 Å². The third-order valence-electron chi connectivity index (χ3n) is 3.84. The fraction of sp³-hybridized carbons (Fsp3) is 0.211. The molecule has 0 aliphatic heterocycles. The van der Waals surface area contributed by atoms with Crippen LogP contribution in [-0.2, 0) is 22.4 Å². The number of aromatic amines is 1. The number of H-pyrrole nitrogens is 1. The molecule has 3 aromatic rings. The Morgan fingerprint density at radius 2 is 1.96 bits per heavy atom. The predicted octanol–water partition coefficient (Wildman–Crippen LogP) is 4.68. The maximum atomic E-state index is 13.3. The number of carbonyl (C=O) groups excluding carboxylic acids is 1. The van der Waals surface area contributed by atoms with Gasteiger partial charge in [0.2, 0.25) is 0 Å². The highest BCUT2D eigenvalue weighted by Crippen LogP contribution is 2.20. The van der Waals surface area contributed by atoms with Crippen molar-refractivity contribution in [1.29, 1.82) is 0 Å². The van der Waals surface area contributed by atoms with Crippen LogP contribution in [0.5, 0.6) is 0 Å². The van der Waals surface area contributed by atoms with Crippen LogP contribution < -0.4 is 0 Å². The van der Waals surface area contributed by atoms with Gasteiger partial charge in [0, 0.05) is 22.1 Å². The molecule has 0 atom stereocenters. The second-order valence-electron chi connectivity index (χ2n) is 5.63. The van der Waals surface area contributed by atoms with Crippen LogP contribution in [0.4, 0.5) is 4.39 Å². The van der Waals surface area contributed by atoms with E-state index in [2.05, 4.69) is 4.98 Å². The molecular formula is C19H17ClFNO2. The smallest absolute Gasteiger partial charge is 0.310 e. The number of hydrogen-bond acceptors (Lipinski definition) is 2. The third kappa shape index (κ3) is 4.15. The van der Waals surface area contributed by atoms with Gasteiger partial charge >= 0.3 is 5.97 Å². The summed E-state index contributed by atoms with van der Waals surface area (Å²) in [6.45, 7) is 0.342. The van der Waals surface area contributed by atoms with Crippen LogP contribution >= 0.6 is 11.6 Å². The van der Waals surface area contributed by atoms with E-state index in [1.165, 1.54) is 12.1 Å². The lowest BCUT2D eigenvalue weighted by Crippen LogP contribution is -2.09. The highest BCUT2D eigenvalue weighted by Gasteiger charge is 2.07. The SMILES string of the molecule is O=C(Cc1ccc(Cl)cc1)OCCCc1c[nH]c2ccc(F)cc12. The summed E-state index contributed by atoms with van der Waals surface area (Å²) < 4.78 is 18.6. The number of rotatable bonds is 6. The Kier molecular flexibility index (Phi) is 5.16. The monoisotopic (exact) mass is 345 g/mol. The zero-order chi connectivity index (χ0) is 16.9. The Balaban J connectivity index is 1.47. The summed E-state index contributed by atoms with van der Waals surface area (Å²) in [5.41, 5.74) is 2.81. The minimum atomic E-state index is -0.262. The topological polar surface area (TPSA) is 42.1 Å². The number of benzene rings is 2. The van der Waals surface area contributed by atoms with Crippen LogP contribution in [0.15, 0.2) is 48.7 Å². The van der Waals surface area contributed by atoms with Crippen molar-refractivity contribution in [2.75, 3.05) is 6.61 Å². The van der Waals surface area contributed by atoms with Crippen LogP contribution in [0, 0.1) is 5.82 Å². The number of nitrogens with one attached hydrogen (secondary N) is 1. The Labute approximate surface area is 144 Å². The first-order valence-corrected chi connectivity index (χ1v) is 8.15. The average Bonchev–Trinajstić information content (AvgIpc) is 2.96. The second kappa shape index (κ2) is 7.49. The van der Waals surface area contributed by atoms with Crippen molar-refractivity contribution in [3.8, 4) is 0 Å². The number of fused-ring (bicyclic) bond motifs is 1. The number of ether oxygens (including phenoxy) is 1. The van der Waals surface area contributed by atoms with Crippen LogP contribution in [0.3, 0.4) is 0 Å². The summed E-state index contributed by atoms with van der Waals surface area (Å²) in [5, 5.41) is 1.52. The normalized spacial score (nSPS) is 10.9. The summed E-state index contributed by atoms with van der Waals surface area (Å²) in [6.07, 6.45) is 3.52. The molecule has 0 bridgehead atoms. The molecule has 0 fully saturated rings. The first kappa shape index (κ1) is 16.5. The van der Waals surface area contributed by atoms with Gasteiger partial charge in [-0.25, -0.2) is 4.39 Å². The Bertz CT molecular complexity index is 842. The molecule has 24 heavy (non-hydrogen) atoms. The molecule has 1 aromatic heterocycles. The molecule has 0 radical (unpaired) electrons. The summed E-state index contributed by atoms with van der Waals surface area (Å²) in [7, 11) is 0. The van der Waals surface area contributed by atoms with Crippen LogP contribution in [-0.4, -0.2) is 17.6 Å². The van der Waals surface area contributed by atoms with Crippen molar-refractivity contribution < 1.29 is 13.9 Å². The first-order chi connectivity index (χ1) is 11.6. The minimum absolute atomic E-state index is 0.232. The number of aromatic nitrogens is 1. The molecule has 1 N–H and O–H groups in total. The van der Waals surface area contributed by atoms with Gasteiger partial charge in [-0.1, -0.05) is 23.7 Å². The molecule has 5 heteroatoms. The molecule has 0 amide bonds. The van der Waals surface area contributed by atoms with Crippen LogP contribution in [0.25, 0.3) is 10.9 Å². The number of carbonyl (C=O) groups is 1. The van der Waals surface area contributed by atoms with Gasteiger partial charge in [-0.15, -0.1) is 0 Å². The van der Waals surface area contributed by atoms with E-state index in [0.29, 0.717) is 18.1 Å². The van der Waals surface area contributed by atoms with E-state index < -0.39 is 0 Å². The Morgan fingerprint density at radius 3 is 2.75 bits per heavy atom. The van der Waals surface area contributed by atoms with E-state index in [4.69, 9.17) is 16.3 Å². The highest BCUT2D eigenvalue weighted by molar-refractivity contribution is 6.30. The standard InChI is InChI=1S/C19H17ClFNO2/c20-15-5-3-13(4-6-15)10-19(23)24-9-1-2-14-12-22-18-8-7-16(21)11-17(14)18/h3-8,11-12,22H,1-2,9-10H2. The number of aryl methyl sites for hydroxylation is 1. The molecule has 0 saturated heterocycles. The zero-order valence-electron chi connectivity index (χ0n) is 13.0. The van der Waals surface area contributed by atoms with Crippen molar-refractivity contribution >= 4 is 28.5 Å². The van der Waals surface area contributed by atoms with E-state index in [-0.39, 0.29) is 18.2 Å². The Hall–Kier alpha value is -2.33. The Morgan fingerprint density at radius 1 is 1.17 bits per heavy atom. The molecule has 0 aliphatic rings. The van der Waals surface area contributed by atoms with E-state index in [1.54, 1.807) is 18.2 Å². The molecule has 0 saturated carbocycles. The van der Waals surface area contributed by atoms with Gasteiger partial charge in [0.1, 0.15) is 5.82 Å². The number of hydrogen-bond donors (Lipinski definition) is 1. The summed E-state index contributed by atoms with van der Waals surface area (Å²) in [4.78, 5) is 14.9. The summed E-state index contributed by atoms with van der Waals surface area (Å²) in [6, 6.07) is 11.8. The van der Waals surface area contributed by atoms with Crippen molar-refractivity contribution in [3.63, 3.8) is 0 Å². The summed E-state index contributed by atoms with van der Waals surface area (Å²) in [5.74, 6) is -0.514. The fourth-order valence-electron chi connectivity index (χ4n) is 2.63. The van der Waals surface area contributed by atoms with Gasteiger partial charge in [0.05, 0.1) is 13.0 Å². The van der Waals surface area contributed by atoms with E-state index in [9.17, 15) is 9.18 Å². The lowest BCUT2D eigenvalue weighted by Gasteiger charge is -2.05. The fourth-order valence-corrected chi connectivity index (χ4v) is 2.75. The minimum Gasteiger partial charge on any atom is -0.465 e. The molecular weight excluding hydrogens is 329 g/mol. The molecule has 0 spiro atoms. The van der Waals surface area contributed by atoms with Gasteiger partial charge in [0.15, 0.2) is 0 Å². The van der Waals surface area contributed by atoms with Gasteiger partial charge < -0.3 is 9.72 Å². The van der Waals surface area contributed by atoms with Crippen molar-refractivity contribution in [1.82, 2.24) is 4.98 Å². The largest absolute Gasteiger partial charge is 0.465 e. The first-order valence-electron chi connectivity index (χ1n) is 7.77. The maximum Gasteiger partial charge on any atom is 0.310 e. The van der Waals surface area contributed by atoms with E-state index in [1.807, 2.05) is 18.3 Å². The highest BCUT2D eigenvalue weighted by atomic mass is 35.5. The zero-order valence-corrected chi connectivity index (χ0v) is 13.8. The predicted molar refractivity (Wildman–Crippen MR) is 92.7 cm³/mol. The van der Waals surface area contributed by atoms with E-state index in [0.717, 1.165) is 28.5 Å². The lowest BCUT2D eigenvalue weighted by molar-refractivity contribution is -0.142. The number of halogens is 2. The van der Waals surface area contributed by atoms with Gasteiger partial charge in [-0.3, -0.25) is 4.79 Å². The molecule has 0 unspecified atom stereocenters. The van der Waals surface area contributed by atoms with E-state index >= 15 is 0 Å². The quantitative estimate of drug-likeness (QED) is 0.520. The molecule has 3 nitrogen and oxygen atoms in total. The van der Waals surface area contributed by atoms with Gasteiger partial charge in [-0.05, 0) is 54.3 Å². The van der Waals surface area contributed by atoms with Crippen molar-refractivity contribution in [3.05, 3.63) is 70.6 Å². The van der Waals surface area contributed by atoms with Gasteiger partial charge in [-0.2, -0.15) is 0 Å². The average molecular weight is 346 g/mol. The number of esters is 1. The second-order valence-corrected chi connectivity index (χ2v) is 6.07. The van der Waals surface area contributed by atoms with Crippen molar-refractivity contribution in [2.45, 2.75) is 19.3 Å². The molecule has 124 valence electrons. The summed E-state index contributed by atoms with van der Waals surface area (Å²) >= 11 is 5.81. The lowest BCUT2D eigenvalue weighted by atomic mass is 10.1. The molecule has 1 heterocycles. The molecule has 0 aliphatic carbocycles. The maximum absolute atomic E-state index is 13.3. The van der Waals surface area contributed by atoms with Crippen LogP contribution in [0.2, 0.25) is 5.02 Å². The van der Waals surface area contributed by atoms with Gasteiger partial charge in [0.25, 0.3) is 0 Å².